The number of sulfonamides is 1. The molecule has 1 heterocycles. The Balaban J connectivity index is 1.58. The van der Waals surface area contributed by atoms with Crippen molar-refractivity contribution in [3.8, 4) is 5.75 Å². The van der Waals surface area contributed by atoms with Gasteiger partial charge in [0.15, 0.2) is 0 Å². The van der Waals surface area contributed by atoms with Crippen molar-refractivity contribution < 1.29 is 17.9 Å². The summed E-state index contributed by atoms with van der Waals surface area (Å²) in [6.45, 7) is 0.623. The van der Waals surface area contributed by atoms with E-state index in [-0.39, 0.29) is 16.7 Å². The normalized spacial score (nSPS) is 16.3. The molecular weight excluding hydrogens is 352 g/mol. The second-order valence-electron chi connectivity index (χ2n) is 6.64. The highest BCUT2D eigenvalue weighted by molar-refractivity contribution is 7.92. The van der Waals surface area contributed by atoms with Crippen LogP contribution in [0.5, 0.6) is 5.75 Å². The summed E-state index contributed by atoms with van der Waals surface area (Å²) in [7, 11) is -2.18. The van der Waals surface area contributed by atoms with Crippen LogP contribution >= 0.6 is 0 Å². The Morgan fingerprint density at radius 3 is 2.73 bits per heavy atom. The highest BCUT2D eigenvalue weighted by Gasteiger charge is 2.36. The van der Waals surface area contributed by atoms with Crippen LogP contribution in [0.15, 0.2) is 47.4 Å². The molecule has 136 valence electrons. The number of nitrogens with zero attached hydrogens (tertiary/aromatic N) is 1. The third-order valence-electron chi connectivity index (χ3n) is 4.77. The van der Waals surface area contributed by atoms with Crippen LogP contribution < -0.4 is 14.4 Å². The minimum absolute atomic E-state index is 0.152. The van der Waals surface area contributed by atoms with Crippen molar-refractivity contribution >= 4 is 27.3 Å². The first kappa shape index (κ1) is 16.9. The number of methoxy groups -OCH3 is 1. The van der Waals surface area contributed by atoms with E-state index in [1.54, 1.807) is 47.4 Å². The lowest BCUT2D eigenvalue weighted by molar-refractivity contribution is -0.119. The number of anilines is 2. The molecule has 0 aromatic heterocycles. The SMILES string of the molecule is COc1cccc(NS(=O)(=O)c2ccc3c(c2)CCN3C(=O)C2CC2)c1. The van der Waals surface area contributed by atoms with E-state index in [4.69, 9.17) is 4.74 Å². The van der Waals surface area contributed by atoms with E-state index in [2.05, 4.69) is 4.72 Å². The van der Waals surface area contributed by atoms with Crippen LogP contribution in [0.4, 0.5) is 11.4 Å². The average molecular weight is 372 g/mol. The average Bonchev–Trinajstić information content (AvgIpc) is 3.40. The smallest absolute Gasteiger partial charge is 0.261 e. The number of carbonyl (C=O) groups is 1. The molecule has 1 saturated carbocycles. The highest BCUT2D eigenvalue weighted by atomic mass is 32.2. The zero-order valence-corrected chi connectivity index (χ0v) is 15.3. The molecule has 1 fully saturated rings. The fraction of sp³-hybridized carbons (Fsp3) is 0.316. The second-order valence-corrected chi connectivity index (χ2v) is 8.32. The fourth-order valence-corrected chi connectivity index (χ4v) is 4.33. The van der Waals surface area contributed by atoms with Gasteiger partial charge in [0.25, 0.3) is 10.0 Å². The summed E-state index contributed by atoms with van der Waals surface area (Å²) in [5.41, 5.74) is 2.17. The zero-order chi connectivity index (χ0) is 18.3. The van der Waals surface area contributed by atoms with Crippen LogP contribution in [0, 0.1) is 5.92 Å². The minimum atomic E-state index is -3.71. The molecule has 1 N–H and O–H groups in total. The first-order chi connectivity index (χ1) is 12.5. The predicted octanol–water partition coefficient (Wildman–Crippen LogP) is 2.80. The molecule has 4 rings (SSSR count). The summed E-state index contributed by atoms with van der Waals surface area (Å²) in [5, 5.41) is 0. The molecule has 26 heavy (non-hydrogen) atoms. The molecule has 1 aliphatic heterocycles. The topological polar surface area (TPSA) is 75.7 Å². The summed E-state index contributed by atoms with van der Waals surface area (Å²) in [6, 6.07) is 11.7. The number of nitrogens with one attached hydrogen (secondary N) is 1. The maximum atomic E-state index is 12.7. The molecule has 7 heteroatoms. The monoisotopic (exact) mass is 372 g/mol. The third-order valence-corrected chi connectivity index (χ3v) is 6.15. The molecule has 1 amide bonds. The summed E-state index contributed by atoms with van der Waals surface area (Å²) >= 11 is 0. The van der Waals surface area contributed by atoms with Gasteiger partial charge < -0.3 is 9.64 Å². The van der Waals surface area contributed by atoms with Crippen molar-refractivity contribution in [1.82, 2.24) is 0 Å². The van der Waals surface area contributed by atoms with E-state index < -0.39 is 10.0 Å². The molecule has 0 saturated heterocycles. The van der Waals surface area contributed by atoms with Gasteiger partial charge in [0.1, 0.15) is 5.75 Å². The largest absolute Gasteiger partial charge is 0.497 e. The van der Waals surface area contributed by atoms with Crippen molar-refractivity contribution in [3.05, 3.63) is 48.0 Å². The van der Waals surface area contributed by atoms with E-state index >= 15 is 0 Å². The van der Waals surface area contributed by atoms with E-state index in [0.717, 1.165) is 24.1 Å². The molecule has 2 aliphatic rings. The summed E-state index contributed by atoms with van der Waals surface area (Å²) < 4.78 is 33.1. The minimum Gasteiger partial charge on any atom is -0.497 e. The van der Waals surface area contributed by atoms with Crippen LogP contribution in [0.25, 0.3) is 0 Å². The first-order valence-corrected chi connectivity index (χ1v) is 10.1. The summed E-state index contributed by atoms with van der Waals surface area (Å²) in [4.78, 5) is 14.3. The van der Waals surface area contributed by atoms with Gasteiger partial charge in [0, 0.05) is 24.2 Å². The lowest BCUT2D eigenvalue weighted by Gasteiger charge is -2.17. The van der Waals surface area contributed by atoms with Crippen LogP contribution in [0.1, 0.15) is 18.4 Å². The van der Waals surface area contributed by atoms with Crippen molar-refractivity contribution in [2.75, 3.05) is 23.3 Å². The number of hydrogen-bond acceptors (Lipinski definition) is 4. The van der Waals surface area contributed by atoms with Gasteiger partial charge in [-0.2, -0.15) is 0 Å². The Hall–Kier alpha value is -2.54. The number of hydrogen-bond donors (Lipinski definition) is 1. The summed E-state index contributed by atoms with van der Waals surface area (Å²) in [6.07, 6.45) is 2.60. The van der Waals surface area contributed by atoms with Crippen LogP contribution in [0.3, 0.4) is 0 Å². The van der Waals surface area contributed by atoms with Gasteiger partial charge in [-0.3, -0.25) is 9.52 Å². The van der Waals surface area contributed by atoms with Gasteiger partial charge in [0.05, 0.1) is 17.7 Å². The van der Waals surface area contributed by atoms with Gasteiger partial charge in [0.2, 0.25) is 5.91 Å². The molecule has 0 spiro atoms. The number of rotatable bonds is 5. The maximum absolute atomic E-state index is 12.7. The molecule has 0 radical (unpaired) electrons. The third kappa shape index (κ3) is 3.14. The quantitative estimate of drug-likeness (QED) is 0.876. The van der Waals surface area contributed by atoms with Crippen molar-refractivity contribution in [3.63, 3.8) is 0 Å². The Morgan fingerprint density at radius 2 is 2.00 bits per heavy atom. The Bertz CT molecular complexity index is 967. The Kier molecular flexibility index (Phi) is 4.11. The van der Waals surface area contributed by atoms with Gasteiger partial charge in [-0.15, -0.1) is 0 Å². The molecular formula is C19H20N2O4S. The van der Waals surface area contributed by atoms with E-state index in [1.165, 1.54) is 7.11 Å². The number of fused-ring (bicyclic) bond motifs is 1. The van der Waals surface area contributed by atoms with Crippen LogP contribution in [-0.2, 0) is 21.2 Å². The second kappa shape index (κ2) is 6.32. The molecule has 0 atom stereocenters. The first-order valence-electron chi connectivity index (χ1n) is 8.59. The molecule has 0 bridgehead atoms. The molecule has 1 aliphatic carbocycles. The van der Waals surface area contributed by atoms with Crippen molar-refractivity contribution in [1.29, 1.82) is 0 Å². The van der Waals surface area contributed by atoms with Gasteiger partial charge in [-0.25, -0.2) is 8.42 Å². The maximum Gasteiger partial charge on any atom is 0.261 e. The molecule has 0 unspecified atom stereocenters. The highest BCUT2D eigenvalue weighted by Crippen LogP contribution is 2.37. The lowest BCUT2D eigenvalue weighted by Crippen LogP contribution is -2.30. The van der Waals surface area contributed by atoms with Gasteiger partial charge in [-0.1, -0.05) is 6.07 Å². The van der Waals surface area contributed by atoms with Crippen molar-refractivity contribution in [2.45, 2.75) is 24.2 Å². The fourth-order valence-electron chi connectivity index (χ4n) is 3.23. The number of carbonyl (C=O) groups excluding carboxylic acids is 1. The molecule has 6 nitrogen and oxygen atoms in total. The van der Waals surface area contributed by atoms with E-state index in [9.17, 15) is 13.2 Å². The molecule has 2 aromatic rings. The van der Waals surface area contributed by atoms with Crippen LogP contribution in [-0.4, -0.2) is 28.0 Å². The Morgan fingerprint density at radius 1 is 1.19 bits per heavy atom. The van der Waals surface area contributed by atoms with Crippen molar-refractivity contribution in [2.24, 2.45) is 5.92 Å². The Labute approximate surface area is 152 Å². The van der Waals surface area contributed by atoms with E-state index in [0.29, 0.717) is 24.4 Å². The number of amides is 1. The lowest BCUT2D eigenvalue weighted by atomic mass is 10.2. The number of ether oxygens (including phenoxy) is 1. The van der Waals surface area contributed by atoms with Gasteiger partial charge in [-0.05, 0) is 55.2 Å². The standard InChI is InChI=1S/C19H20N2O4S/c1-25-16-4-2-3-15(12-16)20-26(23,24)17-7-8-18-14(11-17)9-10-21(18)19(22)13-5-6-13/h2-4,7-8,11-13,20H,5-6,9-10H2,1H3. The van der Waals surface area contributed by atoms with E-state index in [1.807, 2.05) is 0 Å². The predicted molar refractivity (Wildman–Crippen MR) is 99.0 cm³/mol. The number of benzene rings is 2. The zero-order valence-electron chi connectivity index (χ0n) is 14.4. The van der Waals surface area contributed by atoms with Gasteiger partial charge >= 0.3 is 0 Å². The van der Waals surface area contributed by atoms with Crippen LogP contribution in [0.2, 0.25) is 0 Å². The molecule has 2 aromatic carbocycles. The summed E-state index contributed by atoms with van der Waals surface area (Å²) in [5.74, 6) is 0.890.